The number of anilines is 1. The minimum absolute atomic E-state index is 0.0129. The first-order valence-electron chi connectivity index (χ1n) is 5.58. The molecule has 0 saturated carbocycles. The lowest BCUT2D eigenvalue weighted by Crippen LogP contribution is -2.43. The van der Waals surface area contributed by atoms with Crippen LogP contribution in [-0.4, -0.2) is 33.5 Å². The number of aromatic nitrogens is 1. The second-order valence-electron chi connectivity index (χ2n) is 4.79. The van der Waals surface area contributed by atoms with Crippen LogP contribution in [0, 0.1) is 10.1 Å². The van der Waals surface area contributed by atoms with Crippen molar-refractivity contribution in [1.82, 2.24) is 4.98 Å². The van der Waals surface area contributed by atoms with Gasteiger partial charge in [-0.2, -0.15) is 11.8 Å². The van der Waals surface area contributed by atoms with Crippen molar-refractivity contribution >= 4 is 34.9 Å². The summed E-state index contributed by atoms with van der Waals surface area (Å²) in [5.74, 6) is 1.57. The Bertz CT molecular complexity index is 481. The average molecular weight is 288 g/mol. The molecule has 7 heteroatoms. The molecule has 1 fully saturated rings. The second-order valence-corrected chi connectivity index (χ2v) is 6.98. The Labute approximate surface area is 115 Å². The number of thioether (sulfide) groups is 1. The van der Waals surface area contributed by atoms with E-state index in [4.69, 9.17) is 11.6 Å². The number of pyridine rings is 1. The van der Waals surface area contributed by atoms with E-state index in [0.717, 1.165) is 18.8 Å². The molecule has 1 aliphatic heterocycles. The smallest absolute Gasteiger partial charge is 0.276 e. The van der Waals surface area contributed by atoms with Crippen LogP contribution in [0.4, 0.5) is 11.5 Å². The number of hydrogen-bond acceptors (Lipinski definition) is 5. The van der Waals surface area contributed by atoms with Crippen molar-refractivity contribution in [2.75, 3.05) is 23.7 Å². The van der Waals surface area contributed by atoms with E-state index in [1.165, 1.54) is 12.1 Å². The van der Waals surface area contributed by atoms with Crippen LogP contribution in [0.15, 0.2) is 12.1 Å². The van der Waals surface area contributed by atoms with Gasteiger partial charge in [-0.05, 0) is 13.8 Å². The molecule has 0 unspecified atom stereocenters. The summed E-state index contributed by atoms with van der Waals surface area (Å²) in [6, 6.07) is 2.76. The highest BCUT2D eigenvalue weighted by molar-refractivity contribution is 8.00. The molecule has 0 spiro atoms. The second kappa shape index (κ2) is 4.93. The Kier molecular flexibility index (Phi) is 3.68. The molecular formula is C11H14ClN3O2S. The van der Waals surface area contributed by atoms with Crippen molar-refractivity contribution < 1.29 is 4.92 Å². The van der Waals surface area contributed by atoms with Gasteiger partial charge in [0.25, 0.3) is 5.69 Å². The summed E-state index contributed by atoms with van der Waals surface area (Å²) in [7, 11) is 0. The molecule has 0 atom stereocenters. The van der Waals surface area contributed by atoms with Crippen LogP contribution in [0.5, 0.6) is 0 Å². The molecule has 0 aliphatic carbocycles. The maximum Gasteiger partial charge on any atom is 0.276 e. The van der Waals surface area contributed by atoms with Gasteiger partial charge in [0, 0.05) is 23.6 Å². The summed E-state index contributed by atoms with van der Waals surface area (Å²) in [6.07, 6.45) is 0. The van der Waals surface area contributed by atoms with Crippen LogP contribution in [0.25, 0.3) is 0 Å². The summed E-state index contributed by atoms with van der Waals surface area (Å²) < 4.78 is 0.122. The third-order valence-electron chi connectivity index (χ3n) is 2.73. The lowest BCUT2D eigenvalue weighted by molar-refractivity contribution is -0.384. The summed E-state index contributed by atoms with van der Waals surface area (Å²) in [5.41, 5.74) is -0.0129. The first kappa shape index (κ1) is 13.4. The van der Waals surface area contributed by atoms with Gasteiger partial charge in [-0.1, -0.05) is 11.6 Å². The normalized spacial score (nSPS) is 18.7. The molecule has 1 aromatic heterocycles. The predicted molar refractivity (Wildman–Crippen MR) is 74.7 cm³/mol. The minimum atomic E-state index is -0.444. The van der Waals surface area contributed by atoms with Crippen LogP contribution in [-0.2, 0) is 0 Å². The summed E-state index contributed by atoms with van der Waals surface area (Å²) >= 11 is 7.73. The Morgan fingerprint density at radius 2 is 2.28 bits per heavy atom. The van der Waals surface area contributed by atoms with Gasteiger partial charge in [0.1, 0.15) is 11.0 Å². The van der Waals surface area contributed by atoms with Crippen molar-refractivity contribution in [1.29, 1.82) is 0 Å². The van der Waals surface area contributed by atoms with E-state index in [1.807, 2.05) is 11.8 Å². The molecule has 18 heavy (non-hydrogen) atoms. The predicted octanol–water partition coefficient (Wildman–Crippen LogP) is 2.98. The summed E-state index contributed by atoms with van der Waals surface area (Å²) in [5, 5.41) is 11.0. The summed E-state index contributed by atoms with van der Waals surface area (Å²) in [4.78, 5) is 16.6. The number of hydrogen-bond donors (Lipinski definition) is 0. The van der Waals surface area contributed by atoms with E-state index < -0.39 is 4.92 Å². The lowest BCUT2D eigenvalue weighted by atomic mass is 10.2. The van der Waals surface area contributed by atoms with Crippen molar-refractivity contribution in [3.05, 3.63) is 27.4 Å². The molecule has 0 bridgehead atoms. The van der Waals surface area contributed by atoms with Crippen LogP contribution >= 0.6 is 23.4 Å². The van der Waals surface area contributed by atoms with E-state index in [9.17, 15) is 10.1 Å². The first-order valence-corrected chi connectivity index (χ1v) is 6.95. The zero-order valence-electron chi connectivity index (χ0n) is 10.2. The van der Waals surface area contributed by atoms with E-state index in [-0.39, 0.29) is 15.6 Å². The number of halogens is 1. The Morgan fingerprint density at radius 3 is 2.89 bits per heavy atom. The van der Waals surface area contributed by atoms with Gasteiger partial charge in [0.15, 0.2) is 0 Å². The van der Waals surface area contributed by atoms with Crippen LogP contribution < -0.4 is 4.90 Å². The van der Waals surface area contributed by atoms with E-state index in [2.05, 4.69) is 23.7 Å². The highest BCUT2D eigenvalue weighted by atomic mass is 35.5. The fourth-order valence-electron chi connectivity index (χ4n) is 1.95. The number of nitro groups is 1. The Balaban J connectivity index is 2.30. The van der Waals surface area contributed by atoms with Gasteiger partial charge in [-0.3, -0.25) is 10.1 Å². The van der Waals surface area contributed by atoms with Gasteiger partial charge in [0.05, 0.1) is 17.1 Å². The van der Waals surface area contributed by atoms with Gasteiger partial charge in [-0.15, -0.1) is 0 Å². The maximum atomic E-state index is 10.8. The standard InChI is InChI=1S/C11H14ClN3O2S/c1-11(2)7-14(3-4-18-11)10-6-8(15(16)17)5-9(12)13-10/h5-6H,3-4,7H2,1-2H3. The molecular weight excluding hydrogens is 274 g/mol. The highest BCUT2D eigenvalue weighted by Crippen LogP contribution is 2.33. The molecule has 5 nitrogen and oxygen atoms in total. The van der Waals surface area contributed by atoms with Crippen molar-refractivity contribution in [2.24, 2.45) is 0 Å². The zero-order valence-corrected chi connectivity index (χ0v) is 11.8. The van der Waals surface area contributed by atoms with Crippen LogP contribution in [0.3, 0.4) is 0 Å². The lowest BCUT2D eigenvalue weighted by Gasteiger charge is -2.38. The molecule has 0 N–H and O–H groups in total. The Hall–Kier alpha value is -1.01. The van der Waals surface area contributed by atoms with Gasteiger partial charge in [0.2, 0.25) is 0 Å². The van der Waals surface area contributed by atoms with E-state index in [1.54, 1.807) is 0 Å². The Morgan fingerprint density at radius 1 is 1.56 bits per heavy atom. The third-order valence-corrected chi connectivity index (χ3v) is 4.22. The van der Waals surface area contributed by atoms with E-state index in [0.29, 0.717) is 5.82 Å². The maximum absolute atomic E-state index is 10.8. The van der Waals surface area contributed by atoms with Crippen LogP contribution in [0.1, 0.15) is 13.8 Å². The van der Waals surface area contributed by atoms with E-state index >= 15 is 0 Å². The summed E-state index contributed by atoms with van der Waals surface area (Å²) in [6.45, 7) is 5.95. The van der Waals surface area contributed by atoms with Crippen molar-refractivity contribution in [3.63, 3.8) is 0 Å². The fraction of sp³-hybridized carbons (Fsp3) is 0.545. The van der Waals surface area contributed by atoms with Crippen molar-refractivity contribution in [2.45, 2.75) is 18.6 Å². The van der Waals surface area contributed by atoms with Crippen LogP contribution in [0.2, 0.25) is 5.15 Å². The molecule has 2 rings (SSSR count). The van der Waals surface area contributed by atoms with Gasteiger partial charge < -0.3 is 4.90 Å². The topological polar surface area (TPSA) is 59.3 Å². The molecule has 98 valence electrons. The molecule has 0 amide bonds. The fourth-order valence-corrected chi connectivity index (χ4v) is 3.26. The molecule has 1 aromatic rings. The monoisotopic (exact) mass is 287 g/mol. The first-order chi connectivity index (χ1) is 8.37. The SMILES string of the molecule is CC1(C)CN(c2cc([N+](=O)[O-])cc(Cl)n2)CCS1. The van der Waals surface area contributed by atoms with Gasteiger partial charge in [-0.25, -0.2) is 4.98 Å². The quantitative estimate of drug-likeness (QED) is 0.475. The molecule has 1 aliphatic rings. The number of rotatable bonds is 2. The highest BCUT2D eigenvalue weighted by Gasteiger charge is 2.28. The third kappa shape index (κ3) is 3.05. The molecule has 1 saturated heterocycles. The minimum Gasteiger partial charge on any atom is -0.354 e. The van der Waals surface area contributed by atoms with Gasteiger partial charge >= 0.3 is 0 Å². The largest absolute Gasteiger partial charge is 0.354 e. The average Bonchev–Trinajstić information content (AvgIpc) is 2.26. The van der Waals surface area contributed by atoms with Crippen molar-refractivity contribution in [3.8, 4) is 0 Å². The molecule has 0 radical (unpaired) electrons. The number of nitrogens with zero attached hydrogens (tertiary/aromatic N) is 3. The zero-order chi connectivity index (χ0) is 13.3. The molecule has 0 aromatic carbocycles. The molecule has 2 heterocycles.